The van der Waals surface area contributed by atoms with E-state index < -0.39 is 0 Å². The first-order valence-electron chi connectivity index (χ1n) is 9.73. The number of nitrogens with zero attached hydrogens (tertiary/aromatic N) is 2. The number of amides is 2. The summed E-state index contributed by atoms with van der Waals surface area (Å²) in [5, 5.41) is 3.75. The van der Waals surface area contributed by atoms with Gasteiger partial charge in [-0.05, 0) is 37.6 Å². The normalized spacial score (nSPS) is 15.0. The van der Waals surface area contributed by atoms with Crippen LogP contribution >= 0.6 is 0 Å². The lowest BCUT2D eigenvalue weighted by Gasteiger charge is -2.22. The zero-order valence-corrected chi connectivity index (χ0v) is 17.1. The highest BCUT2D eigenvalue weighted by Gasteiger charge is 2.22. The van der Waals surface area contributed by atoms with Crippen LogP contribution in [0.1, 0.15) is 35.4 Å². The van der Waals surface area contributed by atoms with Gasteiger partial charge in [0.1, 0.15) is 23.8 Å². The van der Waals surface area contributed by atoms with Crippen molar-refractivity contribution in [3.8, 4) is 0 Å². The van der Waals surface area contributed by atoms with E-state index in [1.165, 1.54) is 6.08 Å². The van der Waals surface area contributed by atoms with Crippen molar-refractivity contribution in [2.45, 2.75) is 26.5 Å². The lowest BCUT2D eigenvalue weighted by atomic mass is 10.1. The summed E-state index contributed by atoms with van der Waals surface area (Å²) in [6.07, 6.45) is 4.83. The molecule has 1 aliphatic rings. The molecule has 30 heavy (non-hydrogen) atoms. The number of hydrogen-bond acceptors (Lipinski definition) is 5. The van der Waals surface area contributed by atoms with Crippen LogP contribution < -0.4 is 5.32 Å². The number of aromatic nitrogens is 1. The van der Waals surface area contributed by atoms with Gasteiger partial charge in [0, 0.05) is 35.8 Å². The smallest absolute Gasteiger partial charge is 0.251 e. The highest BCUT2D eigenvalue weighted by Crippen LogP contribution is 2.31. The molecule has 3 heterocycles. The Morgan fingerprint density at radius 2 is 2.10 bits per heavy atom. The molecular formula is C23H23N3O4. The summed E-state index contributed by atoms with van der Waals surface area (Å²) >= 11 is 0. The fourth-order valence-electron chi connectivity index (χ4n) is 3.51. The molecule has 0 saturated carbocycles. The maximum absolute atomic E-state index is 12.7. The van der Waals surface area contributed by atoms with E-state index in [-0.39, 0.29) is 24.5 Å². The van der Waals surface area contributed by atoms with Crippen molar-refractivity contribution in [1.29, 1.82) is 0 Å². The molecule has 1 aliphatic heterocycles. The van der Waals surface area contributed by atoms with Crippen LogP contribution in [0.2, 0.25) is 0 Å². The van der Waals surface area contributed by atoms with Gasteiger partial charge in [-0.3, -0.25) is 9.59 Å². The van der Waals surface area contributed by atoms with E-state index >= 15 is 0 Å². The minimum Gasteiger partial charge on any atom is -0.459 e. The Balaban J connectivity index is 1.50. The average molecular weight is 405 g/mol. The van der Waals surface area contributed by atoms with Crippen molar-refractivity contribution in [2.24, 2.45) is 0 Å². The topological polar surface area (TPSA) is 84.7 Å². The highest BCUT2D eigenvalue weighted by molar-refractivity contribution is 5.93. The van der Waals surface area contributed by atoms with E-state index in [0.717, 1.165) is 33.4 Å². The minimum absolute atomic E-state index is 0.00388. The molecule has 4 rings (SSSR count). The molecule has 3 aromatic rings. The first-order valence-corrected chi connectivity index (χ1v) is 9.73. The largest absolute Gasteiger partial charge is 0.459 e. The quantitative estimate of drug-likeness (QED) is 0.667. The molecule has 7 heteroatoms. The summed E-state index contributed by atoms with van der Waals surface area (Å²) < 4.78 is 11.3. The van der Waals surface area contributed by atoms with Gasteiger partial charge in [-0.25, -0.2) is 4.98 Å². The van der Waals surface area contributed by atoms with Gasteiger partial charge in [0.2, 0.25) is 5.91 Å². The third kappa shape index (κ3) is 3.84. The lowest BCUT2D eigenvalue weighted by molar-refractivity contribution is -0.126. The maximum Gasteiger partial charge on any atom is 0.251 e. The van der Waals surface area contributed by atoms with E-state index in [0.29, 0.717) is 12.4 Å². The van der Waals surface area contributed by atoms with Gasteiger partial charge in [-0.1, -0.05) is 18.2 Å². The van der Waals surface area contributed by atoms with Gasteiger partial charge >= 0.3 is 0 Å². The van der Waals surface area contributed by atoms with Crippen molar-refractivity contribution in [3.63, 3.8) is 0 Å². The van der Waals surface area contributed by atoms with Crippen LogP contribution in [0, 0.1) is 6.92 Å². The Hall–Kier alpha value is -3.45. The van der Waals surface area contributed by atoms with Gasteiger partial charge in [-0.2, -0.15) is 0 Å². The van der Waals surface area contributed by atoms with Crippen LogP contribution in [0.3, 0.4) is 0 Å². The Morgan fingerprint density at radius 1 is 1.30 bits per heavy atom. The number of carbonyl (C=O) groups excluding carboxylic acids is 2. The molecule has 0 unspecified atom stereocenters. The van der Waals surface area contributed by atoms with E-state index in [2.05, 4.69) is 10.3 Å². The molecule has 0 aliphatic carbocycles. The number of likely N-dealkylation sites (N-methyl/N-ethyl adjacent to an activating group) is 1. The molecule has 0 radical (unpaired) electrons. The third-order valence-corrected chi connectivity index (χ3v) is 5.34. The number of furan rings is 1. The van der Waals surface area contributed by atoms with Crippen LogP contribution in [0.5, 0.6) is 0 Å². The Morgan fingerprint density at radius 3 is 2.90 bits per heavy atom. The predicted octanol–water partition coefficient (Wildman–Crippen LogP) is 3.84. The van der Waals surface area contributed by atoms with Crippen molar-refractivity contribution < 1.29 is 18.7 Å². The Labute approximate surface area is 174 Å². The second kappa shape index (κ2) is 8.12. The first-order chi connectivity index (χ1) is 14.4. The number of fused-ring (bicyclic) bond motifs is 2. The van der Waals surface area contributed by atoms with Crippen LogP contribution in [0.25, 0.3) is 17.0 Å². The highest BCUT2D eigenvalue weighted by atomic mass is 16.5. The van der Waals surface area contributed by atoms with Crippen molar-refractivity contribution >= 4 is 34.7 Å². The maximum atomic E-state index is 12.7. The van der Waals surface area contributed by atoms with Gasteiger partial charge in [0.25, 0.3) is 5.91 Å². The molecule has 0 bridgehead atoms. The Bertz CT molecular complexity index is 1150. The minimum atomic E-state index is -0.226. The number of pyridine rings is 1. The van der Waals surface area contributed by atoms with Crippen molar-refractivity contribution in [2.75, 3.05) is 19.0 Å². The molecule has 1 N–H and O–H groups in total. The standard InChI is InChI=1S/C23H23N3O4/c1-14-18-6-4-5-7-19(18)30-22(14)15(2)26(3)21(28)9-8-16-10-17-12-29-13-20(27)25-23(17)24-11-16/h4-11,15H,12-13H2,1-3H3,(H,24,25,27)/b9-8+/t15-/m1/s1. The zero-order valence-electron chi connectivity index (χ0n) is 17.1. The van der Waals surface area contributed by atoms with Crippen molar-refractivity contribution in [3.05, 3.63) is 65.1 Å². The van der Waals surface area contributed by atoms with Crippen molar-refractivity contribution in [1.82, 2.24) is 9.88 Å². The fraction of sp³-hybridized carbons (Fsp3) is 0.261. The van der Waals surface area contributed by atoms with Gasteiger partial charge in [0.15, 0.2) is 0 Å². The summed E-state index contributed by atoms with van der Waals surface area (Å²) in [4.78, 5) is 30.2. The van der Waals surface area contributed by atoms with Gasteiger partial charge < -0.3 is 19.4 Å². The molecule has 154 valence electrons. The number of para-hydroxylation sites is 1. The average Bonchev–Trinajstić information content (AvgIpc) is 2.96. The number of anilines is 1. The molecule has 0 saturated heterocycles. The number of nitrogens with one attached hydrogen (secondary N) is 1. The van der Waals surface area contributed by atoms with Gasteiger partial charge in [-0.15, -0.1) is 0 Å². The summed E-state index contributed by atoms with van der Waals surface area (Å²) in [7, 11) is 1.75. The summed E-state index contributed by atoms with van der Waals surface area (Å²) in [6, 6.07) is 9.49. The zero-order chi connectivity index (χ0) is 21.3. The van der Waals surface area contributed by atoms with Crippen LogP contribution in [0.4, 0.5) is 5.82 Å². The fourth-order valence-corrected chi connectivity index (χ4v) is 3.51. The first kappa shape index (κ1) is 19.8. The molecule has 0 spiro atoms. The molecule has 7 nitrogen and oxygen atoms in total. The second-order valence-corrected chi connectivity index (χ2v) is 7.36. The SMILES string of the molecule is Cc1c([C@@H](C)N(C)C(=O)/C=C/c2cnc3c(c2)COCC(=O)N3)oc2ccccc12. The van der Waals surface area contributed by atoms with Crippen LogP contribution in [-0.4, -0.2) is 35.4 Å². The number of benzene rings is 1. The molecule has 2 amide bonds. The monoisotopic (exact) mass is 405 g/mol. The van der Waals surface area contributed by atoms with E-state index in [4.69, 9.17) is 9.15 Å². The van der Waals surface area contributed by atoms with E-state index in [9.17, 15) is 9.59 Å². The van der Waals surface area contributed by atoms with E-state index in [1.807, 2.05) is 44.2 Å². The molecule has 2 aromatic heterocycles. The number of ether oxygens (including phenoxy) is 1. The van der Waals surface area contributed by atoms with Crippen LogP contribution in [-0.2, 0) is 20.9 Å². The number of aryl methyl sites for hydroxylation is 1. The lowest BCUT2D eigenvalue weighted by Crippen LogP contribution is -2.28. The van der Waals surface area contributed by atoms with Crippen LogP contribution in [0.15, 0.2) is 47.0 Å². The molecular weight excluding hydrogens is 382 g/mol. The molecule has 1 atom stereocenters. The number of hydrogen-bond donors (Lipinski definition) is 1. The number of carbonyl (C=O) groups is 2. The summed E-state index contributed by atoms with van der Waals surface area (Å²) in [5.74, 6) is 0.894. The van der Waals surface area contributed by atoms with Gasteiger partial charge in [0.05, 0.1) is 12.6 Å². The molecule has 1 aromatic carbocycles. The summed E-state index contributed by atoms with van der Waals surface area (Å²) in [6.45, 7) is 4.25. The van der Waals surface area contributed by atoms with E-state index in [1.54, 1.807) is 24.2 Å². The third-order valence-electron chi connectivity index (χ3n) is 5.34. The second-order valence-electron chi connectivity index (χ2n) is 7.36. The Kier molecular flexibility index (Phi) is 5.37. The molecule has 0 fully saturated rings. The number of rotatable bonds is 4. The predicted molar refractivity (Wildman–Crippen MR) is 114 cm³/mol. The summed E-state index contributed by atoms with van der Waals surface area (Å²) in [5.41, 5.74) is 3.38.